The number of hydrogen-bond donors (Lipinski definition) is 1. The summed E-state index contributed by atoms with van der Waals surface area (Å²) in [6, 6.07) is 4.41. The Morgan fingerprint density at radius 3 is 2.72 bits per heavy atom. The normalized spacial score (nSPS) is 21.1. The van der Waals surface area contributed by atoms with Gasteiger partial charge in [0, 0.05) is 38.3 Å². The predicted octanol–water partition coefficient (Wildman–Crippen LogP) is 0.621. The molecule has 2 amide bonds. The Balaban J connectivity index is 1.78. The lowest BCUT2D eigenvalue weighted by atomic mass is 10.1. The first kappa shape index (κ1) is 18.0. The van der Waals surface area contributed by atoms with Crippen LogP contribution in [0.15, 0.2) is 18.2 Å². The summed E-state index contributed by atoms with van der Waals surface area (Å²) in [6.07, 6.45) is 0. The van der Waals surface area contributed by atoms with Crippen molar-refractivity contribution in [2.45, 2.75) is 6.04 Å². The maximum absolute atomic E-state index is 13.0. The lowest BCUT2D eigenvalue weighted by Gasteiger charge is -2.39. The van der Waals surface area contributed by atoms with Crippen molar-refractivity contribution in [3.05, 3.63) is 28.8 Å². The number of hydrogen-bond acceptors (Lipinski definition) is 5. The van der Waals surface area contributed by atoms with Crippen LogP contribution in [0.3, 0.4) is 0 Å². The maximum atomic E-state index is 13.0. The lowest BCUT2D eigenvalue weighted by Crippen LogP contribution is -2.61. The van der Waals surface area contributed by atoms with Crippen molar-refractivity contribution in [3.8, 4) is 5.75 Å². The zero-order valence-electron chi connectivity index (χ0n) is 14.2. The van der Waals surface area contributed by atoms with Gasteiger partial charge in [0.1, 0.15) is 11.8 Å². The van der Waals surface area contributed by atoms with Crippen molar-refractivity contribution in [3.63, 3.8) is 0 Å². The van der Waals surface area contributed by atoms with E-state index >= 15 is 0 Å². The molecule has 0 aliphatic carbocycles. The first-order valence-corrected chi connectivity index (χ1v) is 8.71. The highest BCUT2D eigenvalue weighted by Crippen LogP contribution is 2.26. The van der Waals surface area contributed by atoms with E-state index in [9.17, 15) is 9.59 Å². The van der Waals surface area contributed by atoms with E-state index < -0.39 is 6.04 Å². The predicted molar refractivity (Wildman–Crippen MR) is 93.1 cm³/mol. The van der Waals surface area contributed by atoms with Gasteiger partial charge in [0.05, 0.1) is 25.3 Å². The Morgan fingerprint density at radius 1 is 1.28 bits per heavy atom. The Labute approximate surface area is 151 Å². The van der Waals surface area contributed by atoms with Gasteiger partial charge in [-0.25, -0.2) is 0 Å². The molecular weight excluding hydrogens is 346 g/mol. The summed E-state index contributed by atoms with van der Waals surface area (Å²) >= 11 is 6.14. The van der Waals surface area contributed by atoms with Crippen LogP contribution in [0.1, 0.15) is 10.4 Å². The molecule has 2 aliphatic rings. The van der Waals surface area contributed by atoms with E-state index in [1.165, 1.54) is 7.11 Å². The van der Waals surface area contributed by atoms with Crippen molar-refractivity contribution < 1.29 is 19.1 Å². The molecule has 136 valence electrons. The van der Waals surface area contributed by atoms with Gasteiger partial charge in [-0.05, 0) is 18.2 Å². The van der Waals surface area contributed by atoms with E-state index in [0.29, 0.717) is 62.3 Å². The van der Waals surface area contributed by atoms with E-state index in [1.807, 2.05) is 0 Å². The third kappa shape index (κ3) is 3.89. The van der Waals surface area contributed by atoms with Crippen LogP contribution >= 0.6 is 11.6 Å². The van der Waals surface area contributed by atoms with E-state index in [4.69, 9.17) is 21.1 Å². The zero-order chi connectivity index (χ0) is 17.8. The van der Waals surface area contributed by atoms with E-state index in [0.717, 1.165) is 0 Å². The number of halogens is 1. The van der Waals surface area contributed by atoms with Crippen molar-refractivity contribution in [1.29, 1.82) is 0 Å². The summed E-state index contributed by atoms with van der Waals surface area (Å²) in [5.74, 6) is 0.278. The number of rotatable bonds is 3. The molecule has 0 saturated carbocycles. The van der Waals surface area contributed by atoms with Crippen LogP contribution in [0.5, 0.6) is 5.75 Å². The fourth-order valence-corrected chi connectivity index (χ4v) is 3.39. The van der Waals surface area contributed by atoms with Crippen molar-refractivity contribution in [2.75, 3.05) is 53.0 Å². The molecule has 2 saturated heterocycles. The number of ether oxygens (including phenoxy) is 2. The number of benzene rings is 1. The first-order chi connectivity index (χ1) is 12.1. The molecule has 2 aliphatic heterocycles. The molecular formula is C17H22ClN3O4. The molecule has 0 spiro atoms. The van der Waals surface area contributed by atoms with Crippen molar-refractivity contribution in [1.82, 2.24) is 15.1 Å². The number of nitrogens with zero attached hydrogens (tertiary/aromatic N) is 2. The molecule has 1 aromatic carbocycles. The van der Waals surface area contributed by atoms with Gasteiger partial charge < -0.3 is 24.6 Å². The molecule has 2 heterocycles. The number of methoxy groups -OCH3 is 1. The van der Waals surface area contributed by atoms with Gasteiger partial charge in [0.25, 0.3) is 5.91 Å². The van der Waals surface area contributed by atoms with E-state index in [2.05, 4.69) is 5.32 Å². The molecule has 0 unspecified atom stereocenters. The smallest absolute Gasteiger partial charge is 0.254 e. The highest BCUT2D eigenvalue weighted by atomic mass is 35.5. The zero-order valence-corrected chi connectivity index (χ0v) is 14.9. The lowest BCUT2D eigenvalue weighted by molar-refractivity contribution is -0.140. The average molecular weight is 368 g/mol. The van der Waals surface area contributed by atoms with Crippen LogP contribution in [0.25, 0.3) is 0 Å². The molecule has 2 fully saturated rings. The van der Waals surface area contributed by atoms with Gasteiger partial charge in [-0.3, -0.25) is 9.59 Å². The molecule has 1 N–H and O–H groups in total. The molecule has 25 heavy (non-hydrogen) atoms. The minimum absolute atomic E-state index is 0.0385. The fraction of sp³-hybridized carbons (Fsp3) is 0.529. The summed E-state index contributed by atoms with van der Waals surface area (Å²) in [6.45, 7) is 3.77. The second-order valence-electron chi connectivity index (χ2n) is 6.01. The molecule has 1 atom stereocenters. The number of nitrogens with one attached hydrogen (secondary N) is 1. The summed E-state index contributed by atoms with van der Waals surface area (Å²) in [7, 11) is 1.52. The molecule has 8 heteroatoms. The monoisotopic (exact) mass is 367 g/mol. The summed E-state index contributed by atoms with van der Waals surface area (Å²) in [5.41, 5.74) is 0.451. The Bertz CT molecular complexity index is 649. The van der Waals surface area contributed by atoms with Crippen LogP contribution < -0.4 is 10.1 Å². The second kappa shape index (κ2) is 8.03. The number of morpholine rings is 1. The van der Waals surface area contributed by atoms with Gasteiger partial charge in [0.15, 0.2) is 0 Å². The van der Waals surface area contributed by atoms with Gasteiger partial charge >= 0.3 is 0 Å². The number of carbonyl (C=O) groups excluding carboxylic acids is 2. The van der Waals surface area contributed by atoms with Crippen LogP contribution in [-0.2, 0) is 9.53 Å². The average Bonchev–Trinajstić information content (AvgIpc) is 2.67. The first-order valence-electron chi connectivity index (χ1n) is 8.33. The molecule has 0 aromatic heterocycles. The van der Waals surface area contributed by atoms with Crippen LogP contribution in [0, 0.1) is 0 Å². The van der Waals surface area contributed by atoms with Crippen molar-refractivity contribution in [2.24, 2.45) is 0 Å². The Morgan fingerprint density at radius 2 is 2.04 bits per heavy atom. The highest BCUT2D eigenvalue weighted by molar-refractivity contribution is 6.32. The topological polar surface area (TPSA) is 71.1 Å². The summed E-state index contributed by atoms with van der Waals surface area (Å²) < 4.78 is 10.4. The maximum Gasteiger partial charge on any atom is 0.254 e. The standard InChI is InChI=1S/C17H22ClN3O4/c1-24-15-3-2-12(10-13(15)18)16(22)21-5-4-19-11-14(21)17(23)20-6-8-25-9-7-20/h2-3,10,14,19H,4-9,11H2,1H3/t14-/m0/s1. The van der Waals surface area contributed by atoms with Crippen molar-refractivity contribution >= 4 is 23.4 Å². The third-order valence-corrected chi connectivity index (χ3v) is 4.81. The van der Waals surface area contributed by atoms with Gasteiger partial charge in [0.2, 0.25) is 5.91 Å². The van der Waals surface area contributed by atoms with Crippen LogP contribution in [-0.4, -0.2) is 80.7 Å². The Hall–Kier alpha value is -1.83. The molecule has 7 nitrogen and oxygen atoms in total. The number of amides is 2. The second-order valence-corrected chi connectivity index (χ2v) is 6.41. The molecule has 3 rings (SSSR count). The van der Waals surface area contributed by atoms with Crippen LogP contribution in [0.2, 0.25) is 5.02 Å². The Kier molecular flexibility index (Phi) is 5.78. The van der Waals surface area contributed by atoms with E-state index in [1.54, 1.807) is 28.0 Å². The minimum Gasteiger partial charge on any atom is -0.495 e. The van der Waals surface area contributed by atoms with Gasteiger partial charge in [-0.15, -0.1) is 0 Å². The molecule has 0 radical (unpaired) electrons. The fourth-order valence-electron chi connectivity index (χ4n) is 3.13. The van der Waals surface area contributed by atoms with Gasteiger partial charge in [-0.1, -0.05) is 11.6 Å². The van der Waals surface area contributed by atoms with Crippen LogP contribution in [0.4, 0.5) is 0 Å². The quantitative estimate of drug-likeness (QED) is 0.848. The number of carbonyl (C=O) groups is 2. The number of piperazine rings is 1. The third-order valence-electron chi connectivity index (χ3n) is 4.51. The van der Waals surface area contributed by atoms with Gasteiger partial charge in [-0.2, -0.15) is 0 Å². The summed E-state index contributed by atoms with van der Waals surface area (Å²) in [4.78, 5) is 29.2. The largest absolute Gasteiger partial charge is 0.495 e. The van der Waals surface area contributed by atoms with E-state index in [-0.39, 0.29) is 11.8 Å². The highest BCUT2D eigenvalue weighted by Gasteiger charge is 2.35. The summed E-state index contributed by atoms with van der Waals surface area (Å²) in [5, 5.41) is 3.58. The SMILES string of the molecule is COc1ccc(C(=O)N2CCNC[C@H]2C(=O)N2CCOCC2)cc1Cl. The minimum atomic E-state index is -0.514. The molecule has 0 bridgehead atoms. The molecule has 1 aromatic rings.